The molecule has 12 heteroatoms. The summed E-state index contributed by atoms with van der Waals surface area (Å²) in [5.41, 5.74) is 3.29. The molecule has 0 bridgehead atoms. The molecule has 1 saturated carbocycles. The van der Waals surface area contributed by atoms with Crippen LogP contribution in [0.2, 0.25) is 0 Å². The van der Waals surface area contributed by atoms with Gasteiger partial charge in [-0.05, 0) is 72.4 Å². The minimum absolute atomic E-state index is 0.00669. The van der Waals surface area contributed by atoms with E-state index in [1.165, 1.54) is 37.3 Å². The second kappa shape index (κ2) is 14.8. The summed E-state index contributed by atoms with van der Waals surface area (Å²) >= 11 is 3.44. The molecular formula is C31H35BrN2O8S. The predicted molar refractivity (Wildman–Crippen MR) is 164 cm³/mol. The van der Waals surface area contributed by atoms with E-state index in [0.717, 1.165) is 21.2 Å². The number of nitrogens with zero attached hydrogens (tertiary/aromatic N) is 1. The van der Waals surface area contributed by atoms with Crippen molar-refractivity contribution in [2.24, 2.45) is 0 Å². The lowest BCUT2D eigenvalue weighted by molar-refractivity contribution is -0.0895. The molecule has 1 aliphatic carbocycles. The van der Waals surface area contributed by atoms with Gasteiger partial charge in [0.1, 0.15) is 26.1 Å². The number of aryl methyl sites for hydroxylation is 1. The van der Waals surface area contributed by atoms with Crippen molar-refractivity contribution in [3.05, 3.63) is 93.5 Å². The van der Waals surface area contributed by atoms with Crippen LogP contribution in [0, 0.1) is 6.92 Å². The Morgan fingerprint density at radius 2 is 1.79 bits per heavy atom. The van der Waals surface area contributed by atoms with E-state index in [1.807, 2.05) is 55.5 Å². The molecule has 0 heterocycles. The first-order chi connectivity index (χ1) is 20.6. The van der Waals surface area contributed by atoms with E-state index in [0.29, 0.717) is 24.1 Å². The summed E-state index contributed by atoms with van der Waals surface area (Å²) < 4.78 is 49.0. The van der Waals surface area contributed by atoms with Crippen LogP contribution in [0.25, 0.3) is 0 Å². The number of carbonyl (C=O) groups is 2. The van der Waals surface area contributed by atoms with Crippen molar-refractivity contribution >= 4 is 43.6 Å². The lowest BCUT2D eigenvalue weighted by Gasteiger charge is -2.21. The number of anilines is 1. The number of nitrogens with one attached hydrogen (secondary N) is 1. The van der Waals surface area contributed by atoms with E-state index in [2.05, 4.69) is 21.2 Å². The van der Waals surface area contributed by atoms with Gasteiger partial charge in [-0.3, -0.25) is 5.32 Å². The third-order valence-electron chi connectivity index (χ3n) is 6.83. The van der Waals surface area contributed by atoms with Crippen molar-refractivity contribution < 1.29 is 37.0 Å². The van der Waals surface area contributed by atoms with Gasteiger partial charge in [-0.25, -0.2) is 18.0 Å². The Bertz CT molecular complexity index is 1530. The van der Waals surface area contributed by atoms with Crippen LogP contribution in [0.3, 0.4) is 0 Å². The molecule has 1 atom stereocenters. The van der Waals surface area contributed by atoms with Crippen LogP contribution in [-0.2, 0) is 41.9 Å². The maximum Gasteiger partial charge on any atom is 0.411 e. The molecule has 1 aliphatic rings. The molecule has 0 spiro atoms. The smallest absolute Gasteiger partial charge is 0.411 e. The highest BCUT2D eigenvalue weighted by Crippen LogP contribution is 2.36. The fraction of sp³-hybridized carbons (Fsp3) is 0.355. The third-order valence-corrected chi connectivity index (χ3v) is 9.69. The summed E-state index contributed by atoms with van der Waals surface area (Å²) in [7, 11) is -0.560. The highest BCUT2D eigenvalue weighted by molar-refractivity contribution is 9.10. The Kier molecular flexibility index (Phi) is 11.2. The van der Waals surface area contributed by atoms with Gasteiger partial charge >= 0.3 is 12.2 Å². The van der Waals surface area contributed by atoms with E-state index in [9.17, 15) is 18.0 Å². The minimum Gasteiger partial charge on any atom is -0.446 e. The molecule has 1 fully saturated rings. The van der Waals surface area contributed by atoms with E-state index < -0.39 is 33.4 Å². The molecule has 0 aliphatic heterocycles. The fourth-order valence-electron chi connectivity index (χ4n) is 4.45. The van der Waals surface area contributed by atoms with Crippen LogP contribution in [0.15, 0.2) is 76.1 Å². The van der Waals surface area contributed by atoms with Crippen molar-refractivity contribution in [1.29, 1.82) is 0 Å². The monoisotopic (exact) mass is 674 g/mol. The molecule has 10 nitrogen and oxygen atoms in total. The molecule has 2 amide bonds. The average molecular weight is 676 g/mol. The number of methoxy groups -OCH3 is 1. The first-order valence-corrected chi connectivity index (χ1v) is 16.0. The van der Waals surface area contributed by atoms with E-state index in [-0.39, 0.29) is 31.4 Å². The summed E-state index contributed by atoms with van der Waals surface area (Å²) in [5, 5.41) is 2.21. The number of hydrogen-bond donors (Lipinski definition) is 1. The van der Waals surface area contributed by atoms with Crippen molar-refractivity contribution in [3.8, 4) is 0 Å². The number of carbonyl (C=O) groups excluding carboxylic acids is 2. The zero-order valence-corrected chi connectivity index (χ0v) is 26.7. The van der Waals surface area contributed by atoms with Gasteiger partial charge in [0.25, 0.3) is 0 Å². The van der Waals surface area contributed by atoms with Gasteiger partial charge in [-0.2, -0.15) is 0 Å². The number of ether oxygens (including phenoxy) is 4. The van der Waals surface area contributed by atoms with Crippen LogP contribution >= 0.6 is 15.9 Å². The summed E-state index contributed by atoms with van der Waals surface area (Å²) in [6.45, 7) is 1.88. The Hall–Kier alpha value is -3.45. The molecule has 4 rings (SSSR count). The first-order valence-electron chi connectivity index (χ1n) is 13.7. The maximum absolute atomic E-state index is 13.2. The number of amides is 2. The number of rotatable bonds is 13. The largest absolute Gasteiger partial charge is 0.446 e. The Balaban J connectivity index is 1.45. The molecule has 0 aromatic heterocycles. The molecule has 0 radical (unpaired) electrons. The van der Waals surface area contributed by atoms with Crippen LogP contribution in [0.4, 0.5) is 15.3 Å². The van der Waals surface area contributed by atoms with Crippen molar-refractivity contribution in [3.63, 3.8) is 0 Å². The Morgan fingerprint density at radius 1 is 1.05 bits per heavy atom. The topological polar surface area (TPSA) is 120 Å². The molecule has 230 valence electrons. The maximum atomic E-state index is 13.2. The molecule has 3 aromatic carbocycles. The second-order valence-electron chi connectivity index (χ2n) is 10.2. The zero-order chi connectivity index (χ0) is 31.0. The Morgan fingerprint density at radius 3 is 2.47 bits per heavy atom. The molecule has 3 aromatic rings. The van der Waals surface area contributed by atoms with Gasteiger partial charge in [-0.1, -0.05) is 52.3 Å². The average Bonchev–Trinajstić information content (AvgIpc) is 3.84. The predicted octanol–water partition coefficient (Wildman–Crippen LogP) is 6.37. The quantitative estimate of drug-likeness (QED) is 0.208. The van der Waals surface area contributed by atoms with Gasteiger partial charge in [0.15, 0.2) is 9.84 Å². The number of sulfone groups is 1. The van der Waals surface area contributed by atoms with Gasteiger partial charge in [0, 0.05) is 24.3 Å². The van der Waals surface area contributed by atoms with Gasteiger partial charge in [-0.15, -0.1) is 0 Å². The second-order valence-corrected chi connectivity index (χ2v) is 13.4. The van der Waals surface area contributed by atoms with Gasteiger partial charge in [0.05, 0.1) is 16.7 Å². The first kappa shape index (κ1) is 32.5. The van der Waals surface area contributed by atoms with Crippen LogP contribution in [-0.4, -0.2) is 58.3 Å². The van der Waals surface area contributed by atoms with Gasteiger partial charge < -0.3 is 23.8 Å². The minimum atomic E-state index is -3.59. The van der Waals surface area contributed by atoms with E-state index >= 15 is 0 Å². The molecule has 1 N–H and O–H groups in total. The number of hydrogen-bond acceptors (Lipinski definition) is 8. The Labute approximate surface area is 260 Å². The zero-order valence-electron chi connectivity index (χ0n) is 24.2. The van der Waals surface area contributed by atoms with Crippen molar-refractivity contribution in [2.45, 2.75) is 49.2 Å². The highest BCUT2D eigenvalue weighted by atomic mass is 79.9. The van der Waals surface area contributed by atoms with Crippen LogP contribution < -0.4 is 5.32 Å². The lowest BCUT2D eigenvalue weighted by Crippen LogP contribution is -2.28. The fourth-order valence-corrected chi connectivity index (χ4v) is 6.79. The summed E-state index contributed by atoms with van der Waals surface area (Å²) in [4.78, 5) is 26.9. The van der Waals surface area contributed by atoms with Crippen molar-refractivity contribution in [2.75, 3.05) is 32.9 Å². The number of benzene rings is 3. The molecule has 43 heavy (non-hydrogen) atoms. The normalized spacial score (nSPS) is 13.7. The summed E-state index contributed by atoms with van der Waals surface area (Å²) in [6, 6.07) is 19.4. The lowest BCUT2D eigenvalue weighted by atomic mass is 10.0. The third kappa shape index (κ3) is 9.02. The molecule has 0 saturated heterocycles. The SMILES string of the molecule is COCO[C@@H](COC(=O)Nc1ccc(S(=O)(=O)C2CC2)c(CN(C)C(=O)OCc2ccccc2)c1)c1ccc(Br)cc1C. The van der Waals surface area contributed by atoms with E-state index in [1.54, 1.807) is 0 Å². The van der Waals surface area contributed by atoms with Crippen molar-refractivity contribution in [1.82, 2.24) is 4.90 Å². The highest BCUT2D eigenvalue weighted by Gasteiger charge is 2.38. The summed E-state index contributed by atoms with van der Waals surface area (Å²) in [6.07, 6.45) is -0.752. The standard InChI is InChI=1S/C31H35BrN2O8S/c1-21-15-24(32)9-13-27(21)28(42-20-39-3)19-40-30(35)33-25-10-14-29(43(37,38)26-11-12-26)23(16-25)17-34(2)31(36)41-18-22-7-5-4-6-8-22/h4-10,13-16,26,28H,11-12,17-20H2,1-3H3,(H,33,35)/t28-/m0/s1. The van der Waals surface area contributed by atoms with Gasteiger partial charge in [0.2, 0.25) is 0 Å². The summed E-state index contributed by atoms with van der Waals surface area (Å²) in [5.74, 6) is 0. The van der Waals surface area contributed by atoms with E-state index in [4.69, 9.17) is 18.9 Å². The number of halogens is 1. The van der Waals surface area contributed by atoms with Crippen LogP contribution in [0.1, 0.15) is 41.2 Å². The van der Waals surface area contributed by atoms with Crippen LogP contribution in [0.5, 0.6) is 0 Å². The molecular weight excluding hydrogens is 640 g/mol. The molecule has 0 unspecified atom stereocenters.